The first-order valence-electron chi connectivity index (χ1n) is 10.5. The van der Waals surface area contributed by atoms with Crippen LogP contribution < -0.4 is 4.90 Å². The number of aromatic hydroxyl groups is 1. The SMILES string of the molecule is C=NC1=C(C(C)=NC)C(C)(C)Cc2c1ccc(O)c2N(CC1(C#N)CC1)C1CC1. The molecule has 5 heteroatoms. The van der Waals surface area contributed by atoms with E-state index in [1.54, 1.807) is 6.07 Å². The lowest BCUT2D eigenvalue weighted by molar-refractivity contribution is 0.445. The number of rotatable bonds is 6. The Morgan fingerprint density at radius 2 is 2.03 bits per heavy atom. The number of nitrogens with zero attached hydrogens (tertiary/aromatic N) is 4. The van der Waals surface area contributed by atoms with Crippen molar-refractivity contribution in [3.05, 3.63) is 28.8 Å². The van der Waals surface area contributed by atoms with E-state index in [9.17, 15) is 10.4 Å². The van der Waals surface area contributed by atoms with Crippen molar-refractivity contribution in [1.29, 1.82) is 5.26 Å². The highest BCUT2D eigenvalue weighted by molar-refractivity contribution is 6.07. The molecule has 0 amide bonds. The summed E-state index contributed by atoms with van der Waals surface area (Å²) in [6.07, 6.45) is 4.91. The summed E-state index contributed by atoms with van der Waals surface area (Å²) in [6, 6.07) is 6.66. The summed E-state index contributed by atoms with van der Waals surface area (Å²) in [5.74, 6) is 0.299. The zero-order chi connectivity index (χ0) is 21.0. The molecule has 1 aromatic rings. The summed E-state index contributed by atoms with van der Waals surface area (Å²) in [7, 11) is 1.81. The van der Waals surface area contributed by atoms with Gasteiger partial charge < -0.3 is 10.0 Å². The molecule has 152 valence electrons. The number of nitriles is 1. The minimum absolute atomic E-state index is 0.183. The average Bonchev–Trinajstić information content (AvgIpc) is 3.59. The van der Waals surface area contributed by atoms with E-state index in [1.165, 1.54) is 0 Å². The van der Waals surface area contributed by atoms with Gasteiger partial charge in [-0.05, 0) is 68.9 Å². The fourth-order valence-corrected chi connectivity index (χ4v) is 4.83. The molecule has 0 aromatic heterocycles. The highest BCUT2D eigenvalue weighted by atomic mass is 16.3. The normalized spacial score (nSPS) is 22.0. The second-order valence-corrected chi connectivity index (χ2v) is 9.46. The van der Waals surface area contributed by atoms with Crippen molar-refractivity contribution in [3.63, 3.8) is 0 Å². The molecule has 0 heterocycles. The Kier molecular flexibility index (Phi) is 4.57. The van der Waals surface area contributed by atoms with Crippen LogP contribution in [0.25, 0.3) is 5.70 Å². The van der Waals surface area contributed by atoms with Gasteiger partial charge in [-0.1, -0.05) is 13.8 Å². The van der Waals surface area contributed by atoms with Crippen LogP contribution in [0.4, 0.5) is 5.69 Å². The molecule has 0 aliphatic heterocycles. The predicted octanol–water partition coefficient (Wildman–Crippen LogP) is 4.75. The first kappa shape index (κ1) is 19.7. The molecule has 3 aliphatic rings. The molecular formula is C24H30N4O. The molecule has 2 saturated carbocycles. The van der Waals surface area contributed by atoms with Crippen molar-refractivity contribution in [2.45, 2.75) is 58.9 Å². The Labute approximate surface area is 173 Å². The average molecular weight is 391 g/mol. The molecule has 3 aliphatic carbocycles. The molecule has 0 saturated heterocycles. The molecule has 0 unspecified atom stereocenters. The number of hydrogen-bond donors (Lipinski definition) is 1. The van der Waals surface area contributed by atoms with Crippen LogP contribution in [0.2, 0.25) is 0 Å². The first-order valence-corrected chi connectivity index (χ1v) is 10.5. The Morgan fingerprint density at radius 1 is 1.34 bits per heavy atom. The van der Waals surface area contributed by atoms with Crippen LogP contribution in [0.3, 0.4) is 0 Å². The van der Waals surface area contributed by atoms with Gasteiger partial charge in [0.1, 0.15) is 5.75 Å². The van der Waals surface area contributed by atoms with Crippen LogP contribution in [0.1, 0.15) is 57.6 Å². The van der Waals surface area contributed by atoms with Crippen LogP contribution in [-0.2, 0) is 6.42 Å². The van der Waals surface area contributed by atoms with E-state index in [1.807, 2.05) is 20.0 Å². The van der Waals surface area contributed by atoms with Crippen LogP contribution in [0, 0.1) is 22.2 Å². The largest absolute Gasteiger partial charge is 0.506 e. The molecule has 1 N–H and O–H groups in total. The maximum atomic E-state index is 10.9. The van der Waals surface area contributed by atoms with Crippen molar-refractivity contribution >= 4 is 23.8 Å². The monoisotopic (exact) mass is 390 g/mol. The van der Waals surface area contributed by atoms with Gasteiger partial charge in [0.25, 0.3) is 0 Å². The van der Waals surface area contributed by atoms with Gasteiger partial charge in [-0.3, -0.25) is 9.98 Å². The van der Waals surface area contributed by atoms with E-state index < -0.39 is 0 Å². The summed E-state index contributed by atoms with van der Waals surface area (Å²) in [5, 5.41) is 20.6. The third-order valence-corrected chi connectivity index (χ3v) is 6.74. The quantitative estimate of drug-likeness (QED) is 0.713. The van der Waals surface area contributed by atoms with Crippen molar-refractivity contribution in [2.75, 3.05) is 18.5 Å². The molecule has 0 atom stereocenters. The third-order valence-electron chi connectivity index (χ3n) is 6.74. The lowest BCUT2D eigenvalue weighted by Gasteiger charge is -2.39. The summed E-state index contributed by atoms with van der Waals surface area (Å²) < 4.78 is 0. The highest BCUT2D eigenvalue weighted by Gasteiger charge is 2.48. The minimum atomic E-state index is -0.256. The van der Waals surface area contributed by atoms with Gasteiger partial charge in [0, 0.05) is 36.5 Å². The topological polar surface area (TPSA) is 72.0 Å². The van der Waals surface area contributed by atoms with Gasteiger partial charge in [-0.2, -0.15) is 5.26 Å². The second-order valence-electron chi connectivity index (χ2n) is 9.46. The minimum Gasteiger partial charge on any atom is -0.506 e. The zero-order valence-electron chi connectivity index (χ0n) is 17.9. The van der Waals surface area contributed by atoms with Crippen LogP contribution in [0.15, 0.2) is 27.7 Å². The highest BCUT2D eigenvalue weighted by Crippen LogP contribution is 2.53. The first-order chi connectivity index (χ1) is 13.8. The molecular weight excluding hydrogens is 360 g/mol. The van der Waals surface area contributed by atoms with Gasteiger partial charge >= 0.3 is 0 Å². The van der Waals surface area contributed by atoms with Gasteiger partial charge in [-0.15, -0.1) is 0 Å². The van der Waals surface area contributed by atoms with Crippen molar-refractivity contribution in [1.82, 2.24) is 0 Å². The third kappa shape index (κ3) is 3.25. The number of aliphatic imine (C=N–C) groups is 2. The fraction of sp³-hybridized carbons (Fsp3) is 0.542. The summed E-state index contributed by atoms with van der Waals surface area (Å²) in [4.78, 5) is 11.2. The van der Waals surface area contributed by atoms with E-state index in [0.29, 0.717) is 18.3 Å². The zero-order valence-corrected chi connectivity index (χ0v) is 17.9. The number of anilines is 1. The number of benzene rings is 1. The summed E-state index contributed by atoms with van der Waals surface area (Å²) in [6.45, 7) is 11.0. The van der Waals surface area contributed by atoms with Crippen LogP contribution in [-0.4, -0.2) is 37.2 Å². The molecule has 2 fully saturated rings. The molecule has 29 heavy (non-hydrogen) atoms. The number of allylic oxidation sites excluding steroid dienone is 1. The maximum absolute atomic E-state index is 10.9. The van der Waals surface area contributed by atoms with Crippen molar-refractivity contribution in [3.8, 4) is 11.8 Å². The molecule has 0 spiro atoms. The second kappa shape index (κ2) is 6.73. The van der Waals surface area contributed by atoms with E-state index in [2.05, 4.69) is 41.5 Å². The van der Waals surface area contributed by atoms with E-state index in [0.717, 1.165) is 65.9 Å². The van der Waals surface area contributed by atoms with Gasteiger partial charge in [0.2, 0.25) is 0 Å². The number of phenolic OH excluding ortho intramolecular Hbond substituents is 1. The Morgan fingerprint density at radius 3 is 2.55 bits per heavy atom. The fourth-order valence-electron chi connectivity index (χ4n) is 4.83. The molecule has 0 radical (unpaired) electrons. The lowest BCUT2D eigenvalue weighted by atomic mass is 9.69. The van der Waals surface area contributed by atoms with Gasteiger partial charge in [0.05, 0.1) is 22.9 Å². The summed E-state index contributed by atoms with van der Waals surface area (Å²) in [5.41, 5.74) is 5.54. The van der Waals surface area contributed by atoms with Crippen LogP contribution in [0.5, 0.6) is 5.75 Å². The van der Waals surface area contributed by atoms with E-state index >= 15 is 0 Å². The number of phenols is 1. The van der Waals surface area contributed by atoms with Crippen molar-refractivity contribution < 1.29 is 5.11 Å². The summed E-state index contributed by atoms with van der Waals surface area (Å²) >= 11 is 0. The molecule has 4 rings (SSSR count). The molecule has 0 bridgehead atoms. The molecule has 5 nitrogen and oxygen atoms in total. The Hall–Kier alpha value is -2.61. The number of hydrogen-bond acceptors (Lipinski definition) is 5. The van der Waals surface area contributed by atoms with E-state index in [4.69, 9.17) is 0 Å². The van der Waals surface area contributed by atoms with Gasteiger partial charge in [0.15, 0.2) is 0 Å². The molecule has 1 aromatic carbocycles. The Balaban J connectivity index is 1.91. The Bertz CT molecular complexity index is 971. The standard InChI is InChI=1S/C24H30N4O/c1-15(26-4)20-21(27-5)17-8-9-19(29)22(18(17)12-23(20,2)3)28(16-6-7-16)14-24(13-25)10-11-24/h8-9,16,29H,5-7,10-12,14H2,1-4H3. The smallest absolute Gasteiger partial charge is 0.139 e. The van der Waals surface area contributed by atoms with Crippen molar-refractivity contribution in [2.24, 2.45) is 20.8 Å². The van der Waals surface area contributed by atoms with Crippen LogP contribution >= 0.6 is 0 Å². The van der Waals surface area contributed by atoms with Gasteiger partial charge in [-0.25, -0.2) is 0 Å². The number of fused-ring (bicyclic) bond motifs is 1. The predicted molar refractivity (Wildman–Crippen MR) is 119 cm³/mol. The maximum Gasteiger partial charge on any atom is 0.139 e. The lowest BCUT2D eigenvalue weighted by Crippen LogP contribution is -2.35. The van der Waals surface area contributed by atoms with E-state index in [-0.39, 0.29) is 10.8 Å².